The van der Waals surface area contributed by atoms with E-state index in [1.54, 1.807) is 11.6 Å². The molecule has 1 fully saturated rings. The van der Waals surface area contributed by atoms with Gasteiger partial charge in [-0.05, 0) is 49.9 Å². The van der Waals surface area contributed by atoms with E-state index in [-0.39, 0.29) is 16.5 Å². The second kappa shape index (κ2) is 5.77. The lowest BCUT2D eigenvalue weighted by molar-refractivity contribution is 0.0981. The van der Waals surface area contributed by atoms with Crippen molar-refractivity contribution < 1.29 is 17.6 Å². The van der Waals surface area contributed by atoms with Gasteiger partial charge in [0.25, 0.3) is 15.9 Å². The fourth-order valence-corrected chi connectivity index (χ4v) is 3.49. The molecule has 1 aliphatic carbocycles. The van der Waals surface area contributed by atoms with Crippen LogP contribution < -0.4 is 4.72 Å². The van der Waals surface area contributed by atoms with Gasteiger partial charge in [0.15, 0.2) is 0 Å². The zero-order valence-electron chi connectivity index (χ0n) is 12.5. The predicted molar refractivity (Wildman–Crippen MR) is 80.9 cm³/mol. The maximum atomic E-state index is 13.4. The van der Waals surface area contributed by atoms with E-state index in [1.165, 1.54) is 24.5 Å². The molecular formula is C15H16FN3O3S. The van der Waals surface area contributed by atoms with Crippen LogP contribution in [0.25, 0.3) is 0 Å². The highest BCUT2D eigenvalue weighted by molar-refractivity contribution is 7.90. The first-order chi connectivity index (χ1) is 10.8. The van der Waals surface area contributed by atoms with Crippen molar-refractivity contribution in [3.8, 4) is 0 Å². The molecule has 23 heavy (non-hydrogen) atoms. The van der Waals surface area contributed by atoms with E-state index >= 15 is 0 Å². The summed E-state index contributed by atoms with van der Waals surface area (Å²) in [6.45, 7) is 1.58. The number of nitrogens with zero attached hydrogens (tertiary/aromatic N) is 2. The Morgan fingerprint density at radius 1 is 1.35 bits per heavy atom. The van der Waals surface area contributed by atoms with Crippen LogP contribution in [0.5, 0.6) is 0 Å². The standard InChI is InChI=1S/C15H16FN3O3S/c1-10-5-12(16)7-14(6-10)23(21,22)18-15(20)11-8-17-19(9-11)13-3-2-4-13/h5-9,13H,2-4H2,1H3,(H,18,20). The molecule has 2 aromatic rings. The fourth-order valence-electron chi connectivity index (χ4n) is 2.40. The average molecular weight is 337 g/mol. The number of sulfonamides is 1. The Hall–Kier alpha value is -2.22. The number of aromatic nitrogens is 2. The molecule has 1 aliphatic rings. The van der Waals surface area contributed by atoms with Gasteiger partial charge in [0.1, 0.15) is 5.82 Å². The number of amides is 1. The minimum absolute atomic E-state index is 0.161. The Bertz CT molecular complexity index is 836. The lowest BCUT2D eigenvalue weighted by Gasteiger charge is -2.25. The highest BCUT2D eigenvalue weighted by atomic mass is 32.2. The lowest BCUT2D eigenvalue weighted by Crippen LogP contribution is -2.30. The SMILES string of the molecule is Cc1cc(F)cc(S(=O)(=O)NC(=O)c2cnn(C3CCC3)c2)c1. The third-order valence-electron chi connectivity index (χ3n) is 3.87. The van der Waals surface area contributed by atoms with Gasteiger partial charge in [0.05, 0.1) is 22.7 Å². The maximum absolute atomic E-state index is 13.4. The Morgan fingerprint density at radius 2 is 2.09 bits per heavy atom. The number of carbonyl (C=O) groups is 1. The summed E-state index contributed by atoms with van der Waals surface area (Å²) in [4.78, 5) is 11.8. The van der Waals surface area contributed by atoms with Gasteiger partial charge < -0.3 is 0 Å². The molecule has 1 N–H and O–H groups in total. The van der Waals surface area contributed by atoms with Crippen LogP contribution in [0.3, 0.4) is 0 Å². The summed E-state index contributed by atoms with van der Waals surface area (Å²) in [7, 11) is -4.13. The topological polar surface area (TPSA) is 81.1 Å². The Balaban J connectivity index is 1.79. The van der Waals surface area contributed by atoms with E-state index in [4.69, 9.17) is 0 Å². The van der Waals surface area contributed by atoms with Crippen LogP contribution in [0.15, 0.2) is 35.5 Å². The highest BCUT2D eigenvalue weighted by Crippen LogP contribution is 2.30. The number of benzene rings is 1. The summed E-state index contributed by atoms with van der Waals surface area (Å²) in [5, 5.41) is 4.09. The quantitative estimate of drug-likeness (QED) is 0.927. The third-order valence-corrected chi connectivity index (χ3v) is 5.18. The number of nitrogens with one attached hydrogen (secondary N) is 1. The second-order valence-corrected chi connectivity index (χ2v) is 7.38. The van der Waals surface area contributed by atoms with Gasteiger partial charge in [-0.25, -0.2) is 17.5 Å². The van der Waals surface area contributed by atoms with Gasteiger partial charge in [-0.3, -0.25) is 9.48 Å². The molecular weight excluding hydrogens is 321 g/mol. The molecule has 1 aromatic heterocycles. The van der Waals surface area contributed by atoms with Crippen molar-refractivity contribution in [1.82, 2.24) is 14.5 Å². The van der Waals surface area contributed by atoms with Crippen molar-refractivity contribution in [1.29, 1.82) is 0 Å². The van der Waals surface area contributed by atoms with E-state index in [0.717, 1.165) is 25.3 Å². The average Bonchev–Trinajstić information content (AvgIpc) is 2.84. The molecule has 1 heterocycles. The molecule has 0 spiro atoms. The largest absolute Gasteiger partial charge is 0.269 e. The van der Waals surface area contributed by atoms with Gasteiger partial charge in [0.2, 0.25) is 0 Å². The summed E-state index contributed by atoms with van der Waals surface area (Å²) < 4.78 is 41.4. The molecule has 6 nitrogen and oxygen atoms in total. The Kier molecular flexibility index (Phi) is 3.93. The van der Waals surface area contributed by atoms with Gasteiger partial charge in [-0.1, -0.05) is 0 Å². The van der Waals surface area contributed by atoms with Crippen LogP contribution in [0.1, 0.15) is 41.2 Å². The fraction of sp³-hybridized carbons (Fsp3) is 0.333. The van der Waals surface area contributed by atoms with Crippen LogP contribution >= 0.6 is 0 Å². The van der Waals surface area contributed by atoms with Crippen LogP contribution in [0.2, 0.25) is 0 Å². The summed E-state index contributed by atoms with van der Waals surface area (Å²) in [5.74, 6) is -1.45. The highest BCUT2D eigenvalue weighted by Gasteiger charge is 2.24. The van der Waals surface area contributed by atoms with E-state index < -0.39 is 21.7 Å². The van der Waals surface area contributed by atoms with Gasteiger partial charge in [0, 0.05) is 6.20 Å². The van der Waals surface area contributed by atoms with Crippen molar-refractivity contribution in [2.45, 2.75) is 37.1 Å². The minimum atomic E-state index is -4.13. The first-order valence-corrected chi connectivity index (χ1v) is 8.72. The first kappa shape index (κ1) is 15.7. The van der Waals surface area contributed by atoms with Crippen LogP contribution in [-0.2, 0) is 10.0 Å². The molecule has 1 amide bonds. The Labute approximate surface area is 133 Å². The first-order valence-electron chi connectivity index (χ1n) is 7.24. The predicted octanol–water partition coefficient (Wildman–Crippen LogP) is 2.17. The molecule has 0 bridgehead atoms. The van der Waals surface area contributed by atoms with Crippen molar-refractivity contribution in [3.05, 3.63) is 47.5 Å². The van der Waals surface area contributed by atoms with Crippen molar-refractivity contribution >= 4 is 15.9 Å². The number of rotatable bonds is 4. The normalized spacial score (nSPS) is 15.2. The molecule has 0 unspecified atom stereocenters. The molecule has 0 saturated heterocycles. The van der Waals surface area contributed by atoms with E-state index in [1.807, 2.05) is 4.72 Å². The molecule has 8 heteroatoms. The zero-order valence-corrected chi connectivity index (χ0v) is 13.3. The smallest absolute Gasteiger partial charge is 0.268 e. The molecule has 1 aromatic carbocycles. The summed E-state index contributed by atoms with van der Waals surface area (Å²) in [5.41, 5.74) is 0.615. The van der Waals surface area contributed by atoms with Gasteiger partial charge in [-0.15, -0.1) is 0 Å². The number of carbonyl (C=O) groups excluding carboxylic acids is 1. The van der Waals surface area contributed by atoms with E-state index in [2.05, 4.69) is 5.10 Å². The molecule has 0 radical (unpaired) electrons. The van der Waals surface area contributed by atoms with Gasteiger partial charge in [-0.2, -0.15) is 5.10 Å². The van der Waals surface area contributed by atoms with Crippen molar-refractivity contribution in [3.63, 3.8) is 0 Å². The number of hydrogen-bond acceptors (Lipinski definition) is 4. The third kappa shape index (κ3) is 3.26. The van der Waals surface area contributed by atoms with E-state index in [9.17, 15) is 17.6 Å². The zero-order chi connectivity index (χ0) is 16.6. The van der Waals surface area contributed by atoms with Crippen LogP contribution in [0.4, 0.5) is 4.39 Å². The van der Waals surface area contributed by atoms with E-state index in [0.29, 0.717) is 5.56 Å². The molecule has 3 rings (SSSR count). The number of aryl methyl sites for hydroxylation is 1. The number of halogens is 1. The summed E-state index contributed by atoms with van der Waals surface area (Å²) in [6, 6.07) is 3.67. The molecule has 1 saturated carbocycles. The summed E-state index contributed by atoms with van der Waals surface area (Å²) in [6.07, 6.45) is 6.00. The monoisotopic (exact) mass is 337 g/mol. The molecule has 0 atom stereocenters. The molecule has 0 aliphatic heterocycles. The molecule has 122 valence electrons. The Morgan fingerprint density at radius 3 is 2.70 bits per heavy atom. The van der Waals surface area contributed by atoms with Gasteiger partial charge >= 0.3 is 0 Å². The van der Waals surface area contributed by atoms with Crippen molar-refractivity contribution in [2.75, 3.05) is 0 Å². The maximum Gasteiger partial charge on any atom is 0.268 e. The van der Waals surface area contributed by atoms with Crippen LogP contribution in [-0.4, -0.2) is 24.1 Å². The lowest BCUT2D eigenvalue weighted by atomic mass is 9.93. The number of hydrogen-bond donors (Lipinski definition) is 1. The second-order valence-electron chi connectivity index (χ2n) is 5.69. The van der Waals surface area contributed by atoms with Crippen molar-refractivity contribution in [2.24, 2.45) is 0 Å². The van der Waals surface area contributed by atoms with Crippen LogP contribution in [0, 0.1) is 12.7 Å². The minimum Gasteiger partial charge on any atom is -0.269 e. The summed E-state index contributed by atoms with van der Waals surface area (Å²) >= 11 is 0.